The number of rotatable bonds is 1. The summed E-state index contributed by atoms with van der Waals surface area (Å²) in [7, 11) is 0. The van der Waals surface area contributed by atoms with Crippen LogP contribution in [0, 0.1) is 16.7 Å². The summed E-state index contributed by atoms with van der Waals surface area (Å²) in [6.07, 6.45) is 3.82. The van der Waals surface area contributed by atoms with Crippen LogP contribution in [0.5, 0.6) is 0 Å². The van der Waals surface area contributed by atoms with E-state index in [9.17, 15) is 24.9 Å². The van der Waals surface area contributed by atoms with Gasteiger partial charge in [-0.25, -0.2) is 9.59 Å². The molecule has 0 aromatic carbocycles. The van der Waals surface area contributed by atoms with E-state index >= 15 is 0 Å². The van der Waals surface area contributed by atoms with Crippen molar-refractivity contribution in [2.45, 2.75) is 95.3 Å². The first-order chi connectivity index (χ1) is 18.4. The average molecular weight is 549 g/mol. The highest BCUT2D eigenvalue weighted by molar-refractivity contribution is 5.82. The van der Waals surface area contributed by atoms with Gasteiger partial charge in [-0.2, -0.15) is 0 Å². The molecule has 39 heavy (non-hydrogen) atoms. The summed E-state index contributed by atoms with van der Waals surface area (Å²) in [6.45, 7) is 7.58. The molecular formula is C29H40O10. The molecule has 0 amide bonds. The largest absolute Gasteiger partial charge is 0.463 e. The molecule has 5 rings (SSSR count). The Hall–Kier alpha value is -2.08. The molecule has 2 bridgehead atoms. The molecule has 3 N–H and O–H groups in total. The van der Waals surface area contributed by atoms with Gasteiger partial charge in [-0.1, -0.05) is 38.2 Å². The fraction of sp³-hybridized carbons (Fsp3) is 0.724. The van der Waals surface area contributed by atoms with Crippen LogP contribution in [0.25, 0.3) is 0 Å². The second kappa shape index (κ2) is 10.4. The highest BCUT2D eigenvalue weighted by Crippen LogP contribution is 2.72. The van der Waals surface area contributed by atoms with E-state index in [0.717, 1.165) is 5.57 Å². The van der Waals surface area contributed by atoms with E-state index < -0.39 is 70.9 Å². The van der Waals surface area contributed by atoms with E-state index in [4.69, 9.17) is 23.7 Å². The maximum absolute atomic E-state index is 13.1. The fourth-order valence-corrected chi connectivity index (χ4v) is 7.05. The molecule has 216 valence electrons. The number of hydrogen-bond acceptors (Lipinski definition) is 10. The Kier molecular flexibility index (Phi) is 7.58. The van der Waals surface area contributed by atoms with E-state index in [2.05, 4.69) is 0 Å². The van der Waals surface area contributed by atoms with Crippen LogP contribution in [0.15, 0.2) is 36.0 Å². The van der Waals surface area contributed by atoms with Gasteiger partial charge < -0.3 is 39.0 Å². The van der Waals surface area contributed by atoms with Gasteiger partial charge in [0.15, 0.2) is 6.10 Å². The molecule has 0 aromatic heterocycles. The Labute approximate surface area is 228 Å². The summed E-state index contributed by atoms with van der Waals surface area (Å²) < 4.78 is 30.2. The Morgan fingerprint density at radius 2 is 1.87 bits per heavy atom. The standard InChI is InChI=1S/C29H40O10/c1-16-9-10-35-20(18(3)30)7-5-6-8-24(32)39-21-12-23-29(15-37-29)27(21,4)28(14-36-26(34)25(16)33)13-19(31)17(2)11-22(28)38-23/h5-8,11,16,18-23,25,30-31,33H,9-10,12-15H2,1-4H3/b7-5+,8-6?. The minimum atomic E-state index is -1.40. The van der Waals surface area contributed by atoms with Gasteiger partial charge in [0.2, 0.25) is 0 Å². The van der Waals surface area contributed by atoms with Crippen molar-refractivity contribution in [1.82, 2.24) is 0 Å². The monoisotopic (exact) mass is 548 g/mol. The van der Waals surface area contributed by atoms with Crippen LogP contribution < -0.4 is 0 Å². The molecule has 10 nitrogen and oxygen atoms in total. The minimum Gasteiger partial charge on any atom is -0.463 e. The lowest BCUT2D eigenvalue weighted by Gasteiger charge is -2.58. The molecular weight excluding hydrogens is 508 g/mol. The first-order valence-electron chi connectivity index (χ1n) is 13.8. The molecule has 2 spiro atoms. The number of aliphatic hydroxyl groups excluding tert-OH is 3. The number of epoxide rings is 1. The summed E-state index contributed by atoms with van der Waals surface area (Å²) >= 11 is 0. The Morgan fingerprint density at radius 1 is 1.13 bits per heavy atom. The van der Waals surface area contributed by atoms with E-state index in [1.165, 1.54) is 12.2 Å². The second-order valence-electron chi connectivity index (χ2n) is 12.0. The number of allylic oxidation sites excluding steroid dienone is 2. The van der Waals surface area contributed by atoms with Crippen molar-refractivity contribution in [3.05, 3.63) is 36.0 Å². The molecule has 2 aliphatic carbocycles. The molecule has 2 saturated heterocycles. The first kappa shape index (κ1) is 28.4. The smallest absolute Gasteiger partial charge is 0.335 e. The molecule has 11 unspecified atom stereocenters. The van der Waals surface area contributed by atoms with Crippen LogP contribution in [0.2, 0.25) is 0 Å². The molecule has 0 aromatic rings. The quantitative estimate of drug-likeness (QED) is 0.250. The van der Waals surface area contributed by atoms with Crippen LogP contribution in [0.1, 0.15) is 47.0 Å². The zero-order chi connectivity index (χ0) is 28.2. The van der Waals surface area contributed by atoms with Crippen molar-refractivity contribution < 1.29 is 48.6 Å². The van der Waals surface area contributed by atoms with Gasteiger partial charge in [0, 0.05) is 24.5 Å². The van der Waals surface area contributed by atoms with Crippen molar-refractivity contribution in [2.75, 3.05) is 19.8 Å². The molecule has 3 heterocycles. The van der Waals surface area contributed by atoms with Crippen LogP contribution in [-0.4, -0.2) is 95.4 Å². The highest BCUT2D eigenvalue weighted by atomic mass is 16.6. The topological polar surface area (TPSA) is 144 Å². The summed E-state index contributed by atoms with van der Waals surface area (Å²) in [5.41, 5.74) is -1.79. The summed E-state index contributed by atoms with van der Waals surface area (Å²) in [4.78, 5) is 26.1. The SMILES string of the molecule is CC1=CC2OC3CC4OC(=O)C=C/C=C/C(C(C)O)OCCC(C)C(O)C(=O)OCC2(CC1O)C4(C)C31CO1. The van der Waals surface area contributed by atoms with E-state index in [1.807, 2.05) is 19.9 Å². The third-order valence-corrected chi connectivity index (χ3v) is 9.83. The number of cyclic esters (lactones) is 1. The highest BCUT2D eigenvalue weighted by Gasteiger charge is 2.83. The maximum Gasteiger partial charge on any atom is 0.335 e. The average Bonchev–Trinajstić information content (AvgIpc) is 3.67. The molecule has 1 saturated carbocycles. The second-order valence-corrected chi connectivity index (χ2v) is 12.0. The first-order valence-corrected chi connectivity index (χ1v) is 13.8. The number of hydrogen-bond donors (Lipinski definition) is 3. The van der Waals surface area contributed by atoms with E-state index in [1.54, 1.807) is 26.0 Å². The van der Waals surface area contributed by atoms with Gasteiger partial charge in [0.05, 0.1) is 36.4 Å². The Bertz CT molecular complexity index is 1060. The Balaban J connectivity index is 1.53. The molecule has 10 heteroatoms. The lowest BCUT2D eigenvalue weighted by atomic mass is 9.51. The predicted molar refractivity (Wildman–Crippen MR) is 137 cm³/mol. The molecule has 0 radical (unpaired) electrons. The third-order valence-electron chi connectivity index (χ3n) is 9.83. The molecule has 5 aliphatic rings. The zero-order valence-electron chi connectivity index (χ0n) is 22.9. The lowest BCUT2D eigenvalue weighted by molar-refractivity contribution is -0.240. The third kappa shape index (κ3) is 4.59. The lowest BCUT2D eigenvalue weighted by Crippen LogP contribution is -2.68. The van der Waals surface area contributed by atoms with Gasteiger partial charge in [0.1, 0.15) is 24.4 Å². The predicted octanol–water partition coefficient (Wildman–Crippen LogP) is 1.36. The Morgan fingerprint density at radius 3 is 2.56 bits per heavy atom. The summed E-state index contributed by atoms with van der Waals surface area (Å²) in [5, 5.41) is 31.8. The van der Waals surface area contributed by atoms with E-state index in [0.29, 0.717) is 19.4 Å². The minimum absolute atomic E-state index is 0.150. The normalized spacial score (nSPS) is 48.2. The van der Waals surface area contributed by atoms with Crippen molar-refractivity contribution in [1.29, 1.82) is 0 Å². The van der Waals surface area contributed by atoms with Crippen LogP contribution in [0.4, 0.5) is 0 Å². The number of carbonyl (C=O) groups excluding carboxylic acids is 2. The zero-order valence-corrected chi connectivity index (χ0v) is 22.9. The molecule has 11 atom stereocenters. The van der Waals surface area contributed by atoms with E-state index in [-0.39, 0.29) is 25.7 Å². The fourth-order valence-electron chi connectivity index (χ4n) is 7.05. The molecule has 3 aliphatic heterocycles. The number of carbonyl (C=O) groups is 2. The number of esters is 2. The summed E-state index contributed by atoms with van der Waals surface area (Å²) in [5.74, 6) is -1.81. The maximum atomic E-state index is 13.1. The van der Waals surface area contributed by atoms with Crippen LogP contribution in [-0.2, 0) is 33.3 Å². The van der Waals surface area contributed by atoms with Gasteiger partial charge in [0.25, 0.3) is 0 Å². The number of aliphatic hydroxyl groups is 3. The van der Waals surface area contributed by atoms with Crippen molar-refractivity contribution in [2.24, 2.45) is 16.7 Å². The van der Waals surface area contributed by atoms with Crippen molar-refractivity contribution >= 4 is 11.9 Å². The van der Waals surface area contributed by atoms with Crippen LogP contribution in [0.3, 0.4) is 0 Å². The number of ether oxygens (including phenoxy) is 5. The van der Waals surface area contributed by atoms with Gasteiger partial charge in [-0.15, -0.1) is 0 Å². The van der Waals surface area contributed by atoms with Crippen LogP contribution >= 0.6 is 0 Å². The summed E-state index contributed by atoms with van der Waals surface area (Å²) in [6, 6.07) is 0. The van der Waals surface area contributed by atoms with Crippen molar-refractivity contribution in [3.63, 3.8) is 0 Å². The van der Waals surface area contributed by atoms with Gasteiger partial charge in [-0.3, -0.25) is 0 Å². The molecule has 3 fully saturated rings. The van der Waals surface area contributed by atoms with Crippen molar-refractivity contribution in [3.8, 4) is 0 Å². The van der Waals surface area contributed by atoms with Gasteiger partial charge >= 0.3 is 11.9 Å². The van der Waals surface area contributed by atoms with Gasteiger partial charge in [-0.05, 0) is 38.2 Å².